The van der Waals surface area contributed by atoms with Crippen molar-refractivity contribution in [3.05, 3.63) is 11.4 Å². The van der Waals surface area contributed by atoms with Gasteiger partial charge in [-0.05, 0) is 26.7 Å². The lowest BCUT2D eigenvalue weighted by Gasteiger charge is -2.25. The molecule has 6 nitrogen and oxygen atoms in total. The summed E-state index contributed by atoms with van der Waals surface area (Å²) in [4.78, 5) is 12.0. The Morgan fingerprint density at radius 2 is 1.80 bits per heavy atom. The fourth-order valence-corrected chi connectivity index (χ4v) is 4.50. The Morgan fingerprint density at radius 1 is 1.20 bits per heavy atom. The third kappa shape index (κ3) is 2.52. The van der Waals surface area contributed by atoms with Gasteiger partial charge in [-0.3, -0.25) is 4.79 Å². The number of aryl methyl sites for hydroxylation is 1. The fourth-order valence-electron chi connectivity index (χ4n) is 2.63. The molecule has 1 fully saturated rings. The largest absolute Gasteiger partial charge is 0.273 e. The first kappa shape index (κ1) is 15.2. The standard InChI is InChI=1S/C13H21N3O3S/c1-4-12(17)16-11(3)13(10(2)14-16)20(18,19)15-8-6-5-7-9-15/h4-9H2,1-3H3. The number of hydrogen-bond donors (Lipinski definition) is 0. The third-order valence-corrected chi connectivity index (χ3v) is 5.83. The first-order valence-corrected chi connectivity index (χ1v) is 8.43. The summed E-state index contributed by atoms with van der Waals surface area (Å²) in [5.74, 6) is -0.189. The predicted octanol–water partition coefficient (Wildman–Crippen LogP) is 1.72. The Morgan fingerprint density at radius 3 is 2.35 bits per heavy atom. The van der Waals surface area contributed by atoms with E-state index in [0.717, 1.165) is 19.3 Å². The van der Waals surface area contributed by atoms with E-state index in [4.69, 9.17) is 0 Å². The lowest BCUT2D eigenvalue weighted by atomic mass is 10.2. The molecule has 7 heteroatoms. The molecule has 0 amide bonds. The third-order valence-electron chi connectivity index (χ3n) is 3.68. The van der Waals surface area contributed by atoms with Crippen molar-refractivity contribution in [3.63, 3.8) is 0 Å². The number of sulfonamides is 1. The summed E-state index contributed by atoms with van der Waals surface area (Å²) >= 11 is 0. The molecule has 1 aliphatic heterocycles. The molecule has 0 atom stereocenters. The molecule has 0 bridgehead atoms. The van der Waals surface area contributed by atoms with Gasteiger partial charge >= 0.3 is 0 Å². The van der Waals surface area contributed by atoms with Gasteiger partial charge in [-0.2, -0.15) is 9.40 Å². The van der Waals surface area contributed by atoms with Crippen molar-refractivity contribution in [1.82, 2.24) is 14.1 Å². The van der Waals surface area contributed by atoms with Gasteiger partial charge in [0.25, 0.3) is 0 Å². The Kier molecular flexibility index (Phi) is 4.29. The van der Waals surface area contributed by atoms with Crippen LogP contribution in [-0.4, -0.2) is 41.5 Å². The molecule has 2 heterocycles. The molecule has 1 saturated heterocycles. The zero-order valence-electron chi connectivity index (χ0n) is 12.2. The second kappa shape index (κ2) is 5.65. The van der Waals surface area contributed by atoms with Gasteiger partial charge in [-0.15, -0.1) is 0 Å². The van der Waals surface area contributed by atoms with E-state index in [2.05, 4.69) is 5.10 Å². The molecule has 1 aromatic heterocycles. The monoisotopic (exact) mass is 299 g/mol. The Hall–Kier alpha value is -1.21. The second-order valence-electron chi connectivity index (χ2n) is 5.12. The molecule has 2 rings (SSSR count). The van der Waals surface area contributed by atoms with Crippen molar-refractivity contribution in [3.8, 4) is 0 Å². The van der Waals surface area contributed by atoms with Crippen molar-refractivity contribution >= 4 is 15.9 Å². The summed E-state index contributed by atoms with van der Waals surface area (Å²) in [5.41, 5.74) is 0.815. The van der Waals surface area contributed by atoms with Gasteiger partial charge in [0.05, 0.1) is 11.4 Å². The molecule has 1 aromatic rings. The molecule has 112 valence electrons. The minimum Gasteiger partial charge on any atom is -0.273 e. The van der Waals surface area contributed by atoms with Gasteiger partial charge in [0.2, 0.25) is 15.9 Å². The molecule has 0 aromatic carbocycles. The molecule has 0 unspecified atom stereocenters. The topological polar surface area (TPSA) is 72.3 Å². The van der Waals surface area contributed by atoms with Crippen molar-refractivity contribution in [2.24, 2.45) is 0 Å². The first-order chi connectivity index (χ1) is 9.39. The van der Waals surface area contributed by atoms with Crippen LogP contribution in [0.25, 0.3) is 0 Å². The maximum atomic E-state index is 12.7. The number of hydrogen-bond acceptors (Lipinski definition) is 4. The van der Waals surface area contributed by atoms with Gasteiger partial charge in [-0.25, -0.2) is 13.1 Å². The molecule has 0 saturated carbocycles. The summed E-state index contributed by atoms with van der Waals surface area (Å²) < 4.78 is 28.2. The van der Waals surface area contributed by atoms with Gasteiger partial charge in [-0.1, -0.05) is 13.3 Å². The van der Waals surface area contributed by atoms with E-state index in [1.807, 2.05) is 0 Å². The van der Waals surface area contributed by atoms with E-state index in [1.54, 1.807) is 20.8 Å². The molecular weight excluding hydrogens is 278 g/mol. The first-order valence-electron chi connectivity index (χ1n) is 6.99. The summed E-state index contributed by atoms with van der Waals surface area (Å²) in [6, 6.07) is 0. The van der Waals surface area contributed by atoms with Crippen LogP contribution in [0.2, 0.25) is 0 Å². The van der Waals surface area contributed by atoms with Gasteiger partial charge < -0.3 is 0 Å². The Bertz CT molecular complexity index is 613. The molecule has 1 aliphatic rings. The number of carbonyl (C=O) groups is 1. The van der Waals surface area contributed by atoms with Crippen LogP contribution < -0.4 is 0 Å². The zero-order valence-corrected chi connectivity index (χ0v) is 13.0. The smallest absolute Gasteiger partial charge is 0.246 e. The average Bonchev–Trinajstić information content (AvgIpc) is 2.74. The van der Waals surface area contributed by atoms with Gasteiger partial charge in [0.1, 0.15) is 4.90 Å². The number of aromatic nitrogens is 2. The molecule has 20 heavy (non-hydrogen) atoms. The van der Waals surface area contributed by atoms with E-state index in [0.29, 0.717) is 30.9 Å². The highest BCUT2D eigenvalue weighted by Crippen LogP contribution is 2.26. The highest BCUT2D eigenvalue weighted by atomic mass is 32.2. The Labute approximate surface area is 119 Å². The van der Waals surface area contributed by atoms with Crippen LogP contribution >= 0.6 is 0 Å². The van der Waals surface area contributed by atoms with Crippen molar-refractivity contribution in [1.29, 1.82) is 0 Å². The minimum absolute atomic E-state index is 0.189. The maximum absolute atomic E-state index is 12.7. The maximum Gasteiger partial charge on any atom is 0.246 e. The van der Waals surface area contributed by atoms with E-state index in [1.165, 1.54) is 8.99 Å². The van der Waals surface area contributed by atoms with E-state index >= 15 is 0 Å². The average molecular weight is 299 g/mol. The number of piperidine rings is 1. The lowest BCUT2D eigenvalue weighted by Crippen LogP contribution is -2.36. The number of carbonyl (C=O) groups excluding carboxylic acids is 1. The van der Waals surface area contributed by atoms with Crippen LogP contribution in [0.1, 0.15) is 48.8 Å². The second-order valence-corrected chi connectivity index (χ2v) is 7.00. The summed E-state index contributed by atoms with van der Waals surface area (Å²) in [5, 5.41) is 4.10. The lowest BCUT2D eigenvalue weighted by molar-refractivity contribution is 0.0890. The molecule has 0 aliphatic carbocycles. The van der Waals surface area contributed by atoms with Crippen LogP contribution in [0.5, 0.6) is 0 Å². The zero-order chi connectivity index (χ0) is 14.9. The SMILES string of the molecule is CCC(=O)n1nc(C)c(S(=O)(=O)N2CCCCC2)c1C. The molecule has 0 radical (unpaired) electrons. The summed E-state index contributed by atoms with van der Waals surface area (Å²) in [6.45, 7) is 6.12. The van der Waals surface area contributed by atoms with Crippen LogP contribution in [0, 0.1) is 13.8 Å². The number of rotatable bonds is 3. The van der Waals surface area contributed by atoms with Crippen molar-refractivity contribution in [2.45, 2.75) is 51.3 Å². The van der Waals surface area contributed by atoms with Gasteiger partial charge in [0.15, 0.2) is 0 Å². The molecule has 0 spiro atoms. The fraction of sp³-hybridized carbons (Fsp3) is 0.692. The van der Waals surface area contributed by atoms with Crippen LogP contribution in [0.4, 0.5) is 0 Å². The summed E-state index contributed by atoms with van der Waals surface area (Å²) in [6.07, 6.45) is 3.14. The normalized spacial score (nSPS) is 17.4. The van der Waals surface area contributed by atoms with Crippen LogP contribution in [0.3, 0.4) is 0 Å². The van der Waals surface area contributed by atoms with Crippen molar-refractivity contribution in [2.75, 3.05) is 13.1 Å². The highest BCUT2D eigenvalue weighted by molar-refractivity contribution is 7.89. The predicted molar refractivity (Wildman–Crippen MR) is 75.2 cm³/mol. The Balaban J connectivity index is 2.46. The van der Waals surface area contributed by atoms with Crippen LogP contribution in [-0.2, 0) is 10.0 Å². The highest BCUT2D eigenvalue weighted by Gasteiger charge is 2.32. The van der Waals surface area contributed by atoms with E-state index in [-0.39, 0.29) is 10.8 Å². The minimum atomic E-state index is -3.55. The quantitative estimate of drug-likeness (QED) is 0.852. The molecular formula is C13H21N3O3S. The van der Waals surface area contributed by atoms with E-state index in [9.17, 15) is 13.2 Å². The summed E-state index contributed by atoms with van der Waals surface area (Å²) in [7, 11) is -3.55. The van der Waals surface area contributed by atoms with Crippen LogP contribution in [0.15, 0.2) is 4.90 Å². The van der Waals surface area contributed by atoms with Gasteiger partial charge in [0, 0.05) is 19.5 Å². The van der Waals surface area contributed by atoms with Crippen molar-refractivity contribution < 1.29 is 13.2 Å². The van der Waals surface area contributed by atoms with E-state index < -0.39 is 10.0 Å². The number of nitrogens with zero attached hydrogens (tertiary/aromatic N) is 3. The molecule has 0 N–H and O–H groups in total.